The largest absolute Gasteiger partial charge is 0.392 e. The molecule has 0 unspecified atom stereocenters. The van der Waals surface area contributed by atoms with Gasteiger partial charge in [-0.1, -0.05) is 38.0 Å². The summed E-state index contributed by atoms with van der Waals surface area (Å²) in [5.41, 5.74) is 2.55. The van der Waals surface area contributed by atoms with E-state index in [1.54, 1.807) is 0 Å². The van der Waals surface area contributed by atoms with Crippen molar-refractivity contribution in [3.8, 4) is 0 Å². The van der Waals surface area contributed by atoms with E-state index >= 15 is 0 Å². The number of carbonyl (C=O) groups is 1. The zero-order valence-electron chi connectivity index (χ0n) is 13.8. The van der Waals surface area contributed by atoms with E-state index < -0.39 is 0 Å². The van der Waals surface area contributed by atoms with Crippen molar-refractivity contribution in [2.75, 3.05) is 18.4 Å². The molecule has 1 aliphatic rings. The molecule has 4 heteroatoms. The molecule has 0 bridgehead atoms. The molecule has 1 heterocycles. The number of likely N-dealkylation sites (tertiary alicyclic amines) is 1. The van der Waals surface area contributed by atoms with Crippen LogP contribution in [0.5, 0.6) is 0 Å². The number of hydrogen-bond donors (Lipinski definition) is 2. The molecule has 2 rings (SSSR count). The molecule has 22 heavy (non-hydrogen) atoms. The first-order chi connectivity index (χ1) is 10.7. The van der Waals surface area contributed by atoms with Crippen molar-refractivity contribution < 1.29 is 9.90 Å². The van der Waals surface area contributed by atoms with Gasteiger partial charge in [0.15, 0.2) is 0 Å². The predicted molar refractivity (Wildman–Crippen MR) is 89.9 cm³/mol. The molecule has 2 N–H and O–H groups in total. The maximum absolute atomic E-state index is 12.7. The van der Waals surface area contributed by atoms with E-state index in [0.717, 1.165) is 55.6 Å². The fraction of sp³-hybridized carbons (Fsp3) is 0.611. The molecule has 4 nitrogen and oxygen atoms in total. The minimum atomic E-state index is -0.0541. The molecule has 1 amide bonds. The summed E-state index contributed by atoms with van der Waals surface area (Å²) in [7, 11) is 0. The number of anilines is 1. The van der Waals surface area contributed by atoms with Crippen LogP contribution in [-0.4, -0.2) is 35.0 Å². The molecular formula is C18H28N2O2. The lowest BCUT2D eigenvalue weighted by atomic mass is 10.00. The molecule has 122 valence electrons. The standard InChI is InChI=1S/C18H28N2O2/c1-3-4-11-20-12-6-5-10-16(20)18(22)19-17-14(2)8-7-9-15(17)13-21/h7-9,16,21H,3-6,10-13H2,1-2H3,(H,19,22)/t16-/m0/s1. The number of hydrogen-bond acceptors (Lipinski definition) is 3. The van der Waals surface area contributed by atoms with Gasteiger partial charge in [0, 0.05) is 11.3 Å². The van der Waals surface area contributed by atoms with Crippen LogP contribution in [0.4, 0.5) is 5.69 Å². The van der Waals surface area contributed by atoms with Crippen LogP contribution in [0.15, 0.2) is 18.2 Å². The topological polar surface area (TPSA) is 52.6 Å². The Morgan fingerprint density at radius 1 is 1.41 bits per heavy atom. The van der Waals surface area contributed by atoms with Crippen molar-refractivity contribution in [2.24, 2.45) is 0 Å². The minimum absolute atomic E-state index is 0.0357. The summed E-state index contributed by atoms with van der Waals surface area (Å²) < 4.78 is 0. The Morgan fingerprint density at radius 2 is 2.23 bits per heavy atom. The molecule has 1 aromatic rings. The number of aryl methyl sites for hydroxylation is 1. The van der Waals surface area contributed by atoms with E-state index in [9.17, 15) is 9.90 Å². The average molecular weight is 304 g/mol. The van der Waals surface area contributed by atoms with Gasteiger partial charge in [-0.05, 0) is 44.8 Å². The molecule has 1 saturated heterocycles. The maximum Gasteiger partial charge on any atom is 0.241 e. The summed E-state index contributed by atoms with van der Waals surface area (Å²) in [5, 5.41) is 12.5. The predicted octanol–water partition coefficient (Wildman–Crippen LogP) is 3.08. The van der Waals surface area contributed by atoms with Crippen LogP contribution in [0.1, 0.15) is 50.2 Å². The number of aliphatic hydroxyl groups excluding tert-OH is 1. The first-order valence-electron chi connectivity index (χ1n) is 8.41. The van der Waals surface area contributed by atoms with Gasteiger partial charge in [0.25, 0.3) is 0 Å². The van der Waals surface area contributed by atoms with Crippen LogP contribution in [0, 0.1) is 6.92 Å². The fourth-order valence-electron chi connectivity index (χ4n) is 3.16. The lowest BCUT2D eigenvalue weighted by Gasteiger charge is -2.34. The van der Waals surface area contributed by atoms with Crippen molar-refractivity contribution in [1.82, 2.24) is 4.90 Å². The lowest BCUT2D eigenvalue weighted by molar-refractivity contribution is -0.122. The number of benzene rings is 1. The van der Waals surface area contributed by atoms with Crippen molar-refractivity contribution >= 4 is 11.6 Å². The monoisotopic (exact) mass is 304 g/mol. The highest BCUT2D eigenvalue weighted by Crippen LogP contribution is 2.24. The third-order valence-electron chi connectivity index (χ3n) is 4.49. The van der Waals surface area contributed by atoms with Gasteiger partial charge in [-0.25, -0.2) is 0 Å². The van der Waals surface area contributed by atoms with Crippen LogP contribution in [0.2, 0.25) is 0 Å². The summed E-state index contributed by atoms with van der Waals surface area (Å²) >= 11 is 0. The van der Waals surface area contributed by atoms with Crippen LogP contribution in [0.25, 0.3) is 0 Å². The third kappa shape index (κ3) is 4.08. The Balaban J connectivity index is 2.10. The van der Waals surface area contributed by atoms with Crippen LogP contribution < -0.4 is 5.32 Å². The summed E-state index contributed by atoms with van der Waals surface area (Å²) in [5.74, 6) is 0.0693. The highest BCUT2D eigenvalue weighted by Gasteiger charge is 2.28. The summed E-state index contributed by atoms with van der Waals surface area (Å²) in [6.07, 6.45) is 5.50. The number of unbranched alkanes of at least 4 members (excludes halogenated alkanes) is 1. The normalized spacial score (nSPS) is 19.1. The van der Waals surface area contributed by atoms with Crippen LogP contribution in [-0.2, 0) is 11.4 Å². The Kier molecular flexibility index (Phi) is 6.40. The number of nitrogens with zero attached hydrogens (tertiary/aromatic N) is 1. The zero-order valence-corrected chi connectivity index (χ0v) is 13.8. The van der Waals surface area contributed by atoms with E-state index in [2.05, 4.69) is 17.1 Å². The molecule has 0 aromatic heterocycles. The first kappa shape index (κ1) is 17.0. The molecule has 1 atom stereocenters. The van der Waals surface area contributed by atoms with Gasteiger partial charge in [0.2, 0.25) is 5.91 Å². The van der Waals surface area contributed by atoms with Crippen LogP contribution in [0.3, 0.4) is 0 Å². The van der Waals surface area contributed by atoms with Gasteiger partial charge in [0.1, 0.15) is 0 Å². The molecule has 0 radical (unpaired) electrons. The number of nitrogens with one attached hydrogen (secondary N) is 1. The van der Waals surface area contributed by atoms with Crippen molar-refractivity contribution in [1.29, 1.82) is 0 Å². The maximum atomic E-state index is 12.7. The highest BCUT2D eigenvalue weighted by atomic mass is 16.3. The van der Waals surface area contributed by atoms with E-state index in [-0.39, 0.29) is 18.6 Å². The number of rotatable bonds is 6. The smallest absolute Gasteiger partial charge is 0.241 e. The number of para-hydroxylation sites is 1. The summed E-state index contributed by atoms with van der Waals surface area (Å²) in [4.78, 5) is 15.0. The third-order valence-corrected chi connectivity index (χ3v) is 4.49. The van der Waals surface area contributed by atoms with Gasteiger partial charge < -0.3 is 10.4 Å². The van der Waals surface area contributed by atoms with Crippen molar-refractivity contribution in [3.05, 3.63) is 29.3 Å². The zero-order chi connectivity index (χ0) is 15.9. The molecule has 0 aliphatic carbocycles. The summed E-state index contributed by atoms with van der Waals surface area (Å²) in [6, 6.07) is 5.69. The fourth-order valence-corrected chi connectivity index (χ4v) is 3.16. The summed E-state index contributed by atoms with van der Waals surface area (Å²) in [6.45, 7) is 6.10. The van der Waals surface area contributed by atoms with E-state index in [0.29, 0.717) is 0 Å². The number of piperidine rings is 1. The minimum Gasteiger partial charge on any atom is -0.392 e. The van der Waals surface area contributed by atoms with Crippen molar-refractivity contribution in [2.45, 2.75) is 58.6 Å². The SMILES string of the molecule is CCCCN1CCCC[C@H]1C(=O)Nc1c(C)cccc1CO. The van der Waals surface area contributed by atoms with E-state index in [4.69, 9.17) is 0 Å². The second kappa shape index (κ2) is 8.30. The number of amides is 1. The van der Waals surface area contributed by atoms with E-state index in [1.165, 1.54) is 6.42 Å². The number of aliphatic hydroxyl groups is 1. The average Bonchev–Trinajstić information content (AvgIpc) is 2.55. The molecule has 1 aromatic carbocycles. The molecular weight excluding hydrogens is 276 g/mol. The second-order valence-electron chi connectivity index (χ2n) is 6.16. The van der Waals surface area contributed by atoms with Gasteiger partial charge in [-0.15, -0.1) is 0 Å². The Bertz CT molecular complexity index is 502. The molecule has 1 fully saturated rings. The van der Waals surface area contributed by atoms with Gasteiger partial charge >= 0.3 is 0 Å². The Labute approximate surface area is 133 Å². The lowest BCUT2D eigenvalue weighted by Crippen LogP contribution is -2.47. The first-order valence-corrected chi connectivity index (χ1v) is 8.41. The molecule has 0 spiro atoms. The molecule has 0 saturated carbocycles. The molecule has 1 aliphatic heterocycles. The van der Waals surface area contributed by atoms with Crippen LogP contribution >= 0.6 is 0 Å². The second-order valence-corrected chi connectivity index (χ2v) is 6.16. The number of carbonyl (C=O) groups excluding carboxylic acids is 1. The van der Waals surface area contributed by atoms with Gasteiger partial charge in [-0.2, -0.15) is 0 Å². The van der Waals surface area contributed by atoms with E-state index in [1.807, 2.05) is 25.1 Å². The Hall–Kier alpha value is -1.39. The highest BCUT2D eigenvalue weighted by molar-refractivity contribution is 5.96. The van der Waals surface area contributed by atoms with Crippen molar-refractivity contribution in [3.63, 3.8) is 0 Å². The quantitative estimate of drug-likeness (QED) is 0.849. The Morgan fingerprint density at radius 3 is 2.95 bits per heavy atom. The van der Waals surface area contributed by atoms with Gasteiger partial charge in [-0.3, -0.25) is 9.69 Å². The van der Waals surface area contributed by atoms with Gasteiger partial charge in [0.05, 0.1) is 12.6 Å².